The van der Waals surface area contributed by atoms with E-state index < -0.39 is 0 Å². The van der Waals surface area contributed by atoms with Gasteiger partial charge in [0.1, 0.15) is 0 Å². The average molecular weight is 352 g/mol. The first kappa shape index (κ1) is 16.5. The molecule has 0 spiro atoms. The topological polar surface area (TPSA) is 86.9 Å². The van der Waals surface area contributed by atoms with Crippen LogP contribution in [-0.4, -0.2) is 43.7 Å². The van der Waals surface area contributed by atoms with Gasteiger partial charge in [0.2, 0.25) is 0 Å². The average Bonchev–Trinajstić information content (AvgIpc) is 3.40. The number of amides is 1. The molecule has 1 N–H and O–H groups in total. The number of rotatable bonds is 5. The Hall–Kier alpha value is -3.00. The van der Waals surface area contributed by atoms with Crippen LogP contribution in [0.3, 0.4) is 0 Å². The number of nitrogens with zero attached hydrogens (tertiary/aromatic N) is 5. The lowest BCUT2D eigenvalue weighted by Gasteiger charge is -2.09. The number of carbonyl (C=O) groups excluding carboxylic acids is 1. The molecule has 0 bridgehead atoms. The van der Waals surface area contributed by atoms with Crippen molar-refractivity contribution in [3.63, 3.8) is 0 Å². The number of hydrogen-bond donors (Lipinski definition) is 1. The van der Waals surface area contributed by atoms with Crippen LogP contribution in [0, 0.1) is 6.92 Å². The van der Waals surface area contributed by atoms with Gasteiger partial charge in [-0.15, -0.1) is 0 Å². The van der Waals surface area contributed by atoms with Crippen molar-refractivity contribution in [3.8, 4) is 5.69 Å². The lowest BCUT2D eigenvalue weighted by molar-refractivity contribution is 0.0949. The number of carbonyl (C=O) groups is 1. The Balaban J connectivity index is 1.48. The van der Waals surface area contributed by atoms with Crippen LogP contribution in [0.25, 0.3) is 5.69 Å². The SMILES string of the molecule is Cc1nn(C2CCOC2)cc1C(=O)NCc1ncccc1-n1cccn1. The largest absolute Gasteiger partial charge is 0.379 e. The highest BCUT2D eigenvalue weighted by Crippen LogP contribution is 2.20. The van der Waals surface area contributed by atoms with Crippen molar-refractivity contribution < 1.29 is 9.53 Å². The minimum absolute atomic E-state index is 0.162. The summed E-state index contributed by atoms with van der Waals surface area (Å²) in [5, 5.41) is 11.6. The van der Waals surface area contributed by atoms with Gasteiger partial charge in [-0.25, -0.2) is 4.68 Å². The smallest absolute Gasteiger partial charge is 0.255 e. The van der Waals surface area contributed by atoms with Crippen molar-refractivity contribution in [1.29, 1.82) is 0 Å². The summed E-state index contributed by atoms with van der Waals surface area (Å²) in [5.41, 5.74) is 2.88. The summed E-state index contributed by atoms with van der Waals surface area (Å²) in [6.07, 6.45) is 7.98. The van der Waals surface area contributed by atoms with Gasteiger partial charge >= 0.3 is 0 Å². The zero-order valence-corrected chi connectivity index (χ0v) is 14.5. The van der Waals surface area contributed by atoms with Crippen LogP contribution in [0.2, 0.25) is 0 Å². The summed E-state index contributed by atoms with van der Waals surface area (Å²) in [5.74, 6) is -0.162. The van der Waals surface area contributed by atoms with Crippen LogP contribution in [0.15, 0.2) is 43.0 Å². The third-order valence-corrected chi connectivity index (χ3v) is 4.47. The van der Waals surface area contributed by atoms with Crippen LogP contribution >= 0.6 is 0 Å². The summed E-state index contributed by atoms with van der Waals surface area (Å²) in [7, 11) is 0. The molecule has 1 unspecified atom stereocenters. The maximum Gasteiger partial charge on any atom is 0.255 e. The van der Waals surface area contributed by atoms with Gasteiger partial charge in [0.25, 0.3) is 5.91 Å². The number of ether oxygens (including phenoxy) is 1. The summed E-state index contributed by atoms with van der Waals surface area (Å²) in [6.45, 7) is 3.54. The van der Waals surface area contributed by atoms with E-state index in [1.54, 1.807) is 23.3 Å². The van der Waals surface area contributed by atoms with E-state index in [-0.39, 0.29) is 11.9 Å². The Morgan fingerprint density at radius 2 is 2.31 bits per heavy atom. The zero-order valence-electron chi connectivity index (χ0n) is 14.5. The van der Waals surface area contributed by atoms with E-state index in [2.05, 4.69) is 20.5 Å². The van der Waals surface area contributed by atoms with E-state index in [0.29, 0.717) is 24.4 Å². The molecule has 1 fully saturated rings. The maximum atomic E-state index is 12.6. The Bertz CT molecular complexity index is 896. The lowest BCUT2D eigenvalue weighted by Crippen LogP contribution is -2.24. The fourth-order valence-electron chi connectivity index (χ4n) is 3.07. The maximum absolute atomic E-state index is 12.6. The molecule has 0 radical (unpaired) electrons. The first-order valence-electron chi connectivity index (χ1n) is 8.58. The van der Waals surface area contributed by atoms with Crippen LogP contribution in [0.5, 0.6) is 0 Å². The van der Waals surface area contributed by atoms with E-state index in [9.17, 15) is 4.79 Å². The van der Waals surface area contributed by atoms with Gasteiger partial charge in [-0.1, -0.05) is 0 Å². The van der Waals surface area contributed by atoms with Crippen LogP contribution < -0.4 is 5.32 Å². The van der Waals surface area contributed by atoms with E-state index in [1.165, 1.54) is 0 Å². The molecule has 0 saturated carbocycles. The second-order valence-corrected chi connectivity index (χ2v) is 6.23. The highest BCUT2D eigenvalue weighted by molar-refractivity contribution is 5.95. The van der Waals surface area contributed by atoms with Gasteiger partial charge in [-0.2, -0.15) is 10.2 Å². The Labute approximate surface area is 150 Å². The van der Waals surface area contributed by atoms with Crippen molar-refractivity contribution in [3.05, 3.63) is 59.9 Å². The first-order valence-corrected chi connectivity index (χ1v) is 8.58. The molecule has 1 aliphatic rings. The molecule has 3 aromatic heterocycles. The number of aromatic nitrogens is 5. The van der Waals surface area contributed by atoms with Crippen LogP contribution in [0.4, 0.5) is 0 Å². The second-order valence-electron chi connectivity index (χ2n) is 6.23. The van der Waals surface area contributed by atoms with E-state index >= 15 is 0 Å². The van der Waals surface area contributed by atoms with Crippen LogP contribution in [0.1, 0.15) is 34.2 Å². The monoisotopic (exact) mass is 352 g/mol. The quantitative estimate of drug-likeness (QED) is 0.755. The number of aryl methyl sites for hydroxylation is 1. The number of pyridine rings is 1. The Morgan fingerprint density at radius 1 is 1.38 bits per heavy atom. The van der Waals surface area contributed by atoms with Gasteiger partial charge < -0.3 is 10.1 Å². The van der Waals surface area contributed by atoms with Crippen molar-refractivity contribution in [2.24, 2.45) is 0 Å². The third-order valence-electron chi connectivity index (χ3n) is 4.47. The predicted molar refractivity (Wildman–Crippen MR) is 94.0 cm³/mol. The van der Waals surface area contributed by atoms with E-state index in [1.807, 2.05) is 36.0 Å². The number of nitrogens with one attached hydrogen (secondary N) is 1. The molecule has 26 heavy (non-hydrogen) atoms. The molecule has 1 amide bonds. The molecule has 8 heteroatoms. The molecule has 4 heterocycles. The zero-order chi connectivity index (χ0) is 17.9. The Morgan fingerprint density at radius 3 is 3.08 bits per heavy atom. The van der Waals surface area contributed by atoms with Crippen LogP contribution in [-0.2, 0) is 11.3 Å². The molecule has 0 aromatic carbocycles. The standard InChI is InChI=1S/C18H20N6O2/c1-13-15(11-24(22-13)14-5-9-26-12-14)18(25)20-10-16-17(4-2-6-19-16)23-8-3-7-21-23/h2-4,6-8,11,14H,5,9-10,12H2,1H3,(H,20,25). The minimum Gasteiger partial charge on any atom is -0.379 e. The summed E-state index contributed by atoms with van der Waals surface area (Å²) >= 11 is 0. The normalized spacial score (nSPS) is 16.7. The van der Waals surface area contributed by atoms with Gasteiger partial charge in [-0.05, 0) is 31.5 Å². The molecule has 134 valence electrons. The highest BCUT2D eigenvalue weighted by Gasteiger charge is 2.22. The molecule has 0 aliphatic carbocycles. The van der Waals surface area contributed by atoms with Gasteiger partial charge in [0, 0.05) is 31.4 Å². The fourth-order valence-corrected chi connectivity index (χ4v) is 3.07. The molecular formula is C18H20N6O2. The van der Waals surface area contributed by atoms with E-state index in [4.69, 9.17) is 4.74 Å². The van der Waals surface area contributed by atoms with Gasteiger partial charge in [0.15, 0.2) is 0 Å². The molecule has 1 aliphatic heterocycles. The molecule has 8 nitrogen and oxygen atoms in total. The van der Waals surface area contributed by atoms with Crippen molar-refractivity contribution >= 4 is 5.91 Å². The molecule has 1 saturated heterocycles. The van der Waals surface area contributed by atoms with Gasteiger partial charge in [-0.3, -0.25) is 14.5 Å². The minimum atomic E-state index is -0.162. The van der Waals surface area contributed by atoms with Crippen molar-refractivity contribution in [1.82, 2.24) is 29.9 Å². The molecule has 3 aromatic rings. The third kappa shape index (κ3) is 3.23. The molecule has 1 atom stereocenters. The lowest BCUT2D eigenvalue weighted by atomic mass is 10.2. The second kappa shape index (κ2) is 7.09. The van der Waals surface area contributed by atoms with Crippen molar-refractivity contribution in [2.75, 3.05) is 13.2 Å². The Kier molecular flexibility index (Phi) is 4.49. The highest BCUT2D eigenvalue weighted by atomic mass is 16.5. The predicted octanol–water partition coefficient (Wildman–Crippen LogP) is 1.66. The summed E-state index contributed by atoms with van der Waals surface area (Å²) in [4.78, 5) is 17.0. The van der Waals surface area contributed by atoms with E-state index in [0.717, 1.165) is 24.4 Å². The van der Waals surface area contributed by atoms with Gasteiger partial charge in [0.05, 0.1) is 41.8 Å². The molecular weight excluding hydrogens is 332 g/mol. The molecule has 4 rings (SSSR count). The summed E-state index contributed by atoms with van der Waals surface area (Å²) < 4.78 is 8.97. The fraction of sp³-hybridized carbons (Fsp3) is 0.333. The van der Waals surface area contributed by atoms with Crippen molar-refractivity contribution in [2.45, 2.75) is 25.9 Å². The summed E-state index contributed by atoms with van der Waals surface area (Å²) in [6, 6.07) is 5.82. The number of hydrogen-bond acceptors (Lipinski definition) is 5. The first-order chi connectivity index (χ1) is 12.7.